The van der Waals surface area contributed by atoms with Gasteiger partial charge < -0.3 is 16.8 Å². The van der Waals surface area contributed by atoms with Crippen molar-refractivity contribution in [2.45, 2.75) is 0 Å². The van der Waals surface area contributed by atoms with Crippen molar-refractivity contribution in [2.24, 2.45) is 0 Å². The summed E-state index contributed by atoms with van der Waals surface area (Å²) in [5.74, 6) is 0.453. The van der Waals surface area contributed by atoms with Gasteiger partial charge in [-0.3, -0.25) is 0 Å². The highest BCUT2D eigenvalue weighted by atomic mass is 127. The molecule has 5 nitrogen and oxygen atoms in total. The lowest BCUT2D eigenvalue weighted by molar-refractivity contribution is 0.621. The first-order valence-corrected chi connectivity index (χ1v) is 5.75. The molecule has 0 amide bonds. The SMILES string of the molecule is Nc1cc(Nc2cccc(F)c2I)nc(N)n1. The molecule has 0 aliphatic rings. The molecule has 0 saturated carbocycles. The minimum absolute atomic E-state index is 0.0684. The number of hydrogen-bond donors (Lipinski definition) is 3. The van der Waals surface area contributed by atoms with E-state index in [1.807, 2.05) is 22.6 Å². The summed E-state index contributed by atoms with van der Waals surface area (Å²) in [6.45, 7) is 0. The van der Waals surface area contributed by atoms with E-state index >= 15 is 0 Å². The maximum Gasteiger partial charge on any atom is 0.223 e. The fourth-order valence-electron chi connectivity index (χ4n) is 1.29. The van der Waals surface area contributed by atoms with Crippen molar-refractivity contribution in [3.8, 4) is 0 Å². The predicted molar refractivity (Wildman–Crippen MR) is 73.3 cm³/mol. The maximum absolute atomic E-state index is 13.3. The molecular formula is C10H9FIN5. The molecule has 0 saturated heterocycles. The predicted octanol–water partition coefficient (Wildman–Crippen LogP) is 2.13. The van der Waals surface area contributed by atoms with Gasteiger partial charge in [-0.15, -0.1) is 0 Å². The van der Waals surface area contributed by atoms with E-state index in [4.69, 9.17) is 11.5 Å². The molecule has 88 valence electrons. The Labute approximate surface area is 111 Å². The lowest BCUT2D eigenvalue weighted by Gasteiger charge is -2.09. The largest absolute Gasteiger partial charge is 0.383 e. The van der Waals surface area contributed by atoms with Crippen molar-refractivity contribution in [2.75, 3.05) is 16.8 Å². The van der Waals surface area contributed by atoms with Gasteiger partial charge in [0.15, 0.2) is 0 Å². The summed E-state index contributed by atoms with van der Waals surface area (Å²) in [5.41, 5.74) is 11.6. The molecule has 0 radical (unpaired) electrons. The molecule has 0 aliphatic heterocycles. The molecule has 17 heavy (non-hydrogen) atoms. The first-order valence-electron chi connectivity index (χ1n) is 4.67. The zero-order valence-electron chi connectivity index (χ0n) is 8.61. The van der Waals surface area contributed by atoms with Gasteiger partial charge >= 0.3 is 0 Å². The lowest BCUT2D eigenvalue weighted by atomic mass is 10.3. The normalized spacial score (nSPS) is 10.2. The minimum atomic E-state index is -0.300. The third-order valence-electron chi connectivity index (χ3n) is 1.98. The number of halogens is 2. The van der Waals surface area contributed by atoms with Crippen LogP contribution in [0.3, 0.4) is 0 Å². The third kappa shape index (κ3) is 2.73. The first kappa shape index (κ1) is 11.8. The zero-order chi connectivity index (χ0) is 12.4. The summed E-state index contributed by atoms with van der Waals surface area (Å²) in [6.07, 6.45) is 0. The van der Waals surface area contributed by atoms with E-state index in [0.717, 1.165) is 0 Å². The molecule has 1 aromatic heterocycles. The Morgan fingerprint density at radius 1 is 1.24 bits per heavy atom. The van der Waals surface area contributed by atoms with Gasteiger partial charge in [0.2, 0.25) is 5.95 Å². The van der Waals surface area contributed by atoms with E-state index in [1.54, 1.807) is 12.1 Å². The summed E-state index contributed by atoms with van der Waals surface area (Å²) in [7, 11) is 0. The average molecular weight is 345 g/mol. The standard InChI is InChI=1S/C10H9FIN5/c11-5-2-1-3-6(9(5)12)15-8-4-7(13)16-10(14)17-8/h1-4H,(H5,13,14,15,16,17). The molecule has 0 aliphatic carbocycles. The van der Waals surface area contributed by atoms with E-state index in [0.29, 0.717) is 15.1 Å². The average Bonchev–Trinajstić information content (AvgIpc) is 2.23. The van der Waals surface area contributed by atoms with Crippen molar-refractivity contribution < 1.29 is 4.39 Å². The Bertz CT molecular complexity index is 540. The third-order valence-corrected chi connectivity index (χ3v) is 3.07. The van der Waals surface area contributed by atoms with Gasteiger partial charge in [0.05, 0.1) is 9.26 Å². The van der Waals surface area contributed by atoms with E-state index in [2.05, 4.69) is 15.3 Å². The quantitative estimate of drug-likeness (QED) is 0.726. The number of benzene rings is 1. The number of nitrogens with zero attached hydrogens (tertiary/aromatic N) is 2. The van der Waals surface area contributed by atoms with Crippen LogP contribution in [-0.4, -0.2) is 9.97 Å². The van der Waals surface area contributed by atoms with Crippen molar-refractivity contribution in [3.63, 3.8) is 0 Å². The van der Waals surface area contributed by atoms with Gasteiger partial charge in [-0.05, 0) is 34.7 Å². The molecule has 0 unspecified atom stereocenters. The molecule has 0 fully saturated rings. The summed E-state index contributed by atoms with van der Waals surface area (Å²) in [4.78, 5) is 7.69. The van der Waals surface area contributed by atoms with Crippen LogP contribution in [0.25, 0.3) is 0 Å². The Hall–Kier alpha value is -1.64. The summed E-state index contributed by atoms with van der Waals surface area (Å²) >= 11 is 1.91. The summed E-state index contributed by atoms with van der Waals surface area (Å²) in [5, 5.41) is 2.94. The molecule has 0 bridgehead atoms. The zero-order valence-corrected chi connectivity index (χ0v) is 10.8. The van der Waals surface area contributed by atoms with Crippen LogP contribution >= 0.6 is 22.6 Å². The Morgan fingerprint density at radius 2 is 2.00 bits per heavy atom. The van der Waals surface area contributed by atoms with Gasteiger partial charge in [-0.1, -0.05) is 6.07 Å². The monoisotopic (exact) mass is 345 g/mol. The molecule has 5 N–H and O–H groups in total. The maximum atomic E-state index is 13.3. The summed E-state index contributed by atoms with van der Waals surface area (Å²) < 4.78 is 13.8. The van der Waals surface area contributed by atoms with Crippen molar-refractivity contribution >= 4 is 45.9 Å². The van der Waals surface area contributed by atoms with Crippen LogP contribution in [0.5, 0.6) is 0 Å². The van der Waals surface area contributed by atoms with Gasteiger partial charge in [0, 0.05) is 6.07 Å². The van der Waals surface area contributed by atoms with Crippen molar-refractivity contribution in [1.29, 1.82) is 0 Å². The Morgan fingerprint density at radius 3 is 2.71 bits per heavy atom. The molecule has 0 atom stereocenters. The highest BCUT2D eigenvalue weighted by Gasteiger charge is 2.06. The number of rotatable bonds is 2. The van der Waals surface area contributed by atoms with E-state index < -0.39 is 0 Å². The fourth-order valence-corrected chi connectivity index (χ4v) is 1.78. The van der Waals surface area contributed by atoms with E-state index in [9.17, 15) is 4.39 Å². The molecule has 0 spiro atoms. The van der Waals surface area contributed by atoms with Crippen LogP contribution < -0.4 is 16.8 Å². The number of nitrogens with two attached hydrogens (primary N) is 2. The first-order chi connectivity index (χ1) is 8.06. The van der Waals surface area contributed by atoms with Crippen molar-refractivity contribution in [3.05, 3.63) is 33.7 Å². The van der Waals surface area contributed by atoms with Crippen LogP contribution in [-0.2, 0) is 0 Å². The second-order valence-corrected chi connectivity index (χ2v) is 4.34. The van der Waals surface area contributed by atoms with Crippen LogP contribution in [0.4, 0.5) is 27.7 Å². The topological polar surface area (TPSA) is 89.8 Å². The number of aromatic nitrogens is 2. The van der Waals surface area contributed by atoms with Gasteiger partial charge in [0.25, 0.3) is 0 Å². The van der Waals surface area contributed by atoms with Crippen LogP contribution in [0, 0.1) is 9.39 Å². The Kier molecular flexibility index (Phi) is 3.27. The number of hydrogen-bond acceptors (Lipinski definition) is 5. The van der Waals surface area contributed by atoms with Gasteiger partial charge in [-0.25, -0.2) is 4.39 Å². The highest BCUT2D eigenvalue weighted by molar-refractivity contribution is 14.1. The van der Waals surface area contributed by atoms with E-state index in [-0.39, 0.29) is 17.6 Å². The number of nitrogens with one attached hydrogen (secondary N) is 1. The van der Waals surface area contributed by atoms with Gasteiger partial charge in [0.1, 0.15) is 17.5 Å². The second kappa shape index (κ2) is 4.70. The second-order valence-electron chi connectivity index (χ2n) is 3.26. The molecule has 7 heteroatoms. The van der Waals surface area contributed by atoms with E-state index in [1.165, 1.54) is 12.1 Å². The molecule has 2 aromatic rings. The molecule has 2 rings (SSSR count). The Balaban J connectivity index is 2.34. The fraction of sp³-hybridized carbons (Fsp3) is 0. The summed E-state index contributed by atoms with van der Waals surface area (Å²) in [6, 6.07) is 6.25. The molecule has 1 aromatic carbocycles. The van der Waals surface area contributed by atoms with Crippen LogP contribution in [0.1, 0.15) is 0 Å². The highest BCUT2D eigenvalue weighted by Crippen LogP contribution is 2.24. The number of anilines is 4. The van der Waals surface area contributed by atoms with Crippen LogP contribution in [0.2, 0.25) is 0 Å². The smallest absolute Gasteiger partial charge is 0.223 e. The van der Waals surface area contributed by atoms with Crippen LogP contribution in [0.15, 0.2) is 24.3 Å². The van der Waals surface area contributed by atoms with Crippen molar-refractivity contribution in [1.82, 2.24) is 9.97 Å². The molecular weight excluding hydrogens is 336 g/mol. The minimum Gasteiger partial charge on any atom is -0.383 e. The number of nitrogen functional groups attached to an aromatic ring is 2. The van der Waals surface area contributed by atoms with Gasteiger partial charge in [-0.2, -0.15) is 9.97 Å². The lowest BCUT2D eigenvalue weighted by Crippen LogP contribution is -2.04. The molecule has 1 heterocycles.